The van der Waals surface area contributed by atoms with Crippen molar-refractivity contribution in [3.8, 4) is 11.8 Å². The van der Waals surface area contributed by atoms with Gasteiger partial charge in [0.15, 0.2) is 0 Å². The van der Waals surface area contributed by atoms with E-state index in [0.717, 1.165) is 36.0 Å². The van der Waals surface area contributed by atoms with Crippen LogP contribution in [0.25, 0.3) is 0 Å². The third kappa shape index (κ3) is 8.01. The Kier molecular flexibility index (Phi) is 8.47. The number of likely N-dealkylation sites (tertiary alicyclic amines) is 1. The molecule has 0 atom stereocenters. The molecule has 3 aromatic rings. The Morgan fingerprint density at radius 3 is 1.81 bits per heavy atom. The Labute approximate surface area is 214 Å². The van der Waals surface area contributed by atoms with Crippen molar-refractivity contribution in [2.75, 3.05) is 13.1 Å². The van der Waals surface area contributed by atoms with Gasteiger partial charge in [0.2, 0.25) is 11.8 Å². The van der Waals surface area contributed by atoms with Gasteiger partial charge in [0, 0.05) is 25.2 Å². The van der Waals surface area contributed by atoms with Crippen molar-refractivity contribution in [1.29, 1.82) is 0 Å². The minimum atomic E-state index is -0.475. The zero-order valence-corrected chi connectivity index (χ0v) is 21.5. The number of amides is 1. The lowest BCUT2D eigenvalue weighted by atomic mass is 9.90. The number of carbonyl (C=O) groups is 1. The van der Waals surface area contributed by atoms with Crippen LogP contribution in [0.2, 0.25) is 0 Å². The number of nitrogens with zero attached hydrogens (tertiary/aromatic N) is 2. The lowest BCUT2D eigenvalue weighted by Gasteiger charge is -2.33. The summed E-state index contributed by atoms with van der Waals surface area (Å²) in [4.78, 5) is 18.8. The summed E-state index contributed by atoms with van der Waals surface area (Å²) in [5, 5.41) is 0. The topological polar surface area (TPSA) is 60.9 Å². The Morgan fingerprint density at radius 1 is 0.833 bits per heavy atom. The molecule has 4 rings (SSSR count). The van der Waals surface area contributed by atoms with Crippen molar-refractivity contribution < 1.29 is 19.0 Å². The fourth-order valence-electron chi connectivity index (χ4n) is 4.24. The zero-order valence-electron chi connectivity index (χ0n) is 21.5. The molecule has 190 valence electrons. The third-order valence-electron chi connectivity index (χ3n) is 6.09. The molecule has 1 aliphatic rings. The summed E-state index contributed by atoms with van der Waals surface area (Å²) in [6.45, 7) is 8.01. The summed E-state index contributed by atoms with van der Waals surface area (Å²) >= 11 is 0. The van der Waals surface area contributed by atoms with Crippen LogP contribution in [-0.4, -0.2) is 34.7 Å². The summed E-state index contributed by atoms with van der Waals surface area (Å²) < 4.78 is 17.6. The number of aromatic nitrogens is 1. The van der Waals surface area contributed by atoms with Gasteiger partial charge in [0.25, 0.3) is 0 Å². The van der Waals surface area contributed by atoms with Gasteiger partial charge >= 0.3 is 6.09 Å². The molecule has 0 saturated carbocycles. The van der Waals surface area contributed by atoms with Crippen LogP contribution in [0.5, 0.6) is 11.8 Å². The number of benzene rings is 2. The summed E-state index contributed by atoms with van der Waals surface area (Å²) in [5.41, 5.74) is 2.83. The second-order valence-corrected chi connectivity index (χ2v) is 10.3. The highest BCUT2D eigenvalue weighted by Crippen LogP contribution is 2.27. The highest BCUT2D eigenvalue weighted by molar-refractivity contribution is 5.68. The van der Waals surface area contributed by atoms with Gasteiger partial charge in [0.05, 0.1) is 0 Å². The van der Waals surface area contributed by atoms with E-state index in [0.29, 0.717) is 44.0 Å². The Bertz CT molecular complexity index is 1040. The quantitative estimate of drug-likeness (QED) is 0.366. The maximum Gasteiger partial charge on any atom is 0.410 e. The summed E-state index contributed by atoms with van der Waals surface area (Å²) in [5.74, 6) is 1.59. The molecule has 6 heteroatoms. The summed E-state index contributed by atoms with van der Waals surface area (Å²) in [6, 6.07) is 24.2. The van der Waals surface area contributed by atoms with Crippen LogP contribution < -0.4 is 9.47 Å². The van der Waals surface area contributed by atoms with Gasteiger partial charge in [0.1, 0.15) is 18.8 Å². The number of piperidine rings is 1. The Morgan fingerprint density at radius 2 is 1.33 bits per heavy atom. The summed E-state index contributed by atoms with van der Waals surface area (Å²) in [7, 11) is 0. The standard InChI is InChI=1S/C30H36N2O4/c1-30(2,3)36-29(33)32-16-14-23(15-17-32)18-26-19-27(34-21-24-10-6-4-7-11-24)31-28(20-26)35-22-25-12-8-5-9-13-25/h4-13,19-20,23H,14-18,21-22H2,1-3H3. The van der Waals surface area contributed by atoms with Gasteiger partial charge in [-0.05, 0) is 62.6 Å². The van der Waals surface area contributed by atoms with E-state index in [9.17, 15) is 4.79 Å². The van der Waals surface area contributed by atoms with Crippen LogP contribution in [0.1, 0.15) is 50.3 Å². The first kappa shape index (κ1) is 25.5. The van der Waals surface area contributed by atoms with E-state index in [4.69, 9.17) is 14.2 Å². The van der Waals surface area contributed by atoms with Crippen LogP contribution in [0.3, 0.4) is 0 Å². The van der Waals surface area contributed by atoms with Gasteiger partial charge in [-0.3, -0.25) is 0 Å². The first-order chi connectivity index (χ1) is 17.3. The van der Waals surface area contributed by atoms with Crippen molar-refractivity contribution in [2.24, 2.45) is 5.92 Å². The third-order valence-corrected chi connectivity index (χ3v) is 6.09. The molecule has 2 heterocycles. The van der Waals surface area contributed by atoms with E-state index in [1.165, 1.54) is 0 Å². The average molecular weight is 489 g/mol. The van der Waals surface area contributed by atoms with Crippen LogP contribution in [0, 0.1) is 5.92 Å². The lowest BCUT2D eigenvalue weighted by Crippen LogP contribution is -2.42. The molecule has 36 heavy (non-hydrogen) atoms. The number of rotatable bonds is 8. The van der Waals surface area contributed by atoms with Gasteiger partial charge in [-0.2, -0.15) is 4.98 Å². The average Bonchev–Trinajstić information content (AvgIpc) is 2.87. The smallest absolute Gasteiger partial charge is 0.410 e. The fourth-order valence-corrected chi connectivity index (χ4v) is 4.24. The molecule has 1 saturated heterocycles. The van der Waals surface area contributed by atoms with Crippen molar-refractivity contribution >= 4 is 6.09 Å². The molecule has 0 radical (unpaired) electrons. The highest BCUT2D eigenvalue weighted by Gasteiger charge is 2.27. The van der Waals surface area contributed by atoms with Gasteiger partial charge in [-0.15, -0.1) is 0 Å². The van der Waals surface area contributed by atoms with Crippen LogP contribution >= 0.6 is 0 Å². The molecule has 1 aliphatic heterocycles. The Hall–Kier alpha value is -3.54. The lowest BCUT2D eigenvalue weighted by molar-refractivity contribution is 0.0184. The molecule has 1 amide bonds. The molecular weight excluding hydrogens is 452 g/mol. The van der Waals surface area contributed by atoms with E-state index in [2.05, 4.69) is 4.98 Å². The van der Waals surface area contributed by atoms with E-state index in [-0.39, 0.29) is 6.09 Å². The SMILES string of the molecule is CC(C)(C)OC(=O)N1CCC(Cc2cc(OCc3ccccc3)nc(OCc3ccccc3)c2)CC1. The second-order valence-electron chi connectivity index (χ2n) is 10.3. The van der Waals surface area contributed by atoms with E-state index in [1.807, 2.05) is 98.5 Å². The van der Waals surface area contributed by atoms with Crippen molar-refractivity contribution in [3.05, 3.63) is 89.5 Å². The van der Waals surface area contributed by atoms with Crippen LogP contribution in [0.15, 0.2) is 72.8 Å². The van der Waals surface area contributed by atoms with Crippen molar-refractivity contribution in [1.82, 2.24) is 9.88 Å². The first-order valence-electron chi connectivity index (χ1n) is 12.7. The van der Waals surface area contributed by atoms with E-state index >= 15 is 0 Å². The molecule has 0 spiro atoms. The Balaban J connectivity index is 1.40. The molecule has 0 N–H and O–H groups in total. The number of ether oxygens (including phenoxy) is 3. The molecule has 1 aromatic heterocycles. The molecule has 6 nitrogen and oxygen atoms in total. The van der Waals surface area contributed by atoms with E-state index in [1.54, 1.807) is 0 Å². The second kappa shape index (κ2) is 11.9. The van der Waals surface area contributed by atoms with Crippen LogP contribution in [0.4, 0.5) is 4.79 Å². The predicted octanol–water partition coefficient (Wildman–Crippen LogP) is 6.43. The number of hydrogen-bond acceptors (Lipinski definition) is 5. The molecule has 0 unspecified atom stereocenters. The van der Waals surface area contributed by atoms with Gasteiger partial charge in [-0.25, -0.2) is 4.79 Å². The van der Waals surface area contributed by atoms with Crippen molar-refractivity contribution in [2.45, 2.75) is 58.8 Å². The normalized spacial score (nSPS) is 14.4. The fraction of sp³-hybridized carbons (Fsp3) is 0.400. The molecule has 0 aliphatic carbocycles. The molecule has 0 bridgehead atoms. The minimum absolute atomic E-state index is 0.224. The number of carbonyl (C=O) groups excluding carboxylic acids is 1. The number of hydrogen-bond donors (Lipinski definition) is 0. The summed E-state index contributed by atoms with van der Waals surface area (Å²) in [6.07, 6.45) is 2.52. The van der Waals surface area contributed by atoms with Crippen LogP contribution in [-0.2, 0) is 24.4 Å². The largest absolute Gasteiger partial charge is 0.473 e. The van der Waals surface area contributed by atoms with E-state index < -0.39 is 5.60 Å². The maximum atomic E-state index is 12.4. The van der Waals surface area contributed by atoms with Gasteiger partial charge < -0.3 is 19.1 Å². The molecular formula is C30H36N2O4. The molecule has 2 aromatic carbocycles. The van der Waals surface area contributed by atoms with Crippen molar-refractivity contribution in [3.63, 3.8) is 0 Å². The minimum Gasteiger partial charge on any atom is -0.473 e. The first-order valence-corrected chi connectivity index (χ1v) is 12.7. The molecule has 1 fully saturated rings. The van der Waals surface area contributed by atoms with Gasteiger partial charge in [-0.1, -0.05) is 60.7 Å². The monoisotopic (exact) mass is 488 g/mol. The maximum absolute atomic E-state index is 12.4. The number of pyridine rings is 1. The highest BCUT2D eigenvalue weighted by atomic mass is 16.6. The predicted molar refractivity (Wildman–Crippen MR) is 140 cm³/mol. The zero-order chi connectivity index (χ0) is 25.4.